The van der Waals surface area contributed by atoms with Crippen molar-refractivity contribution in [1.29, 1.82) is 0 Å². The highest BCUT2D eigenvalue weighted by Gasteiger charge is 2.35. The number of nitrogens with two attached hydrogens (primary N) is 1. The second kappa shape index (κ2) is 8.17. The van der Waals surface area contributed by atoms with Crippen LogP contribution in [0.15, 0.2) is 6.07 Å². The first-order valence-corrected chi connectivity index (χ1v) is 8.48. The summed E-state index contributed by atoms with van der Waals surface area (Å²) in [5, 5.41) is 9.47. The van der Waals surface area contributed by atoms with E-state index in [1.807, 2.05) is 0 Å². The van der Waals surface area contributed by atoms with Crippen LogP contribution in [0.3, 0.4) is 0 Å². The van der Waals surface area contributed by atoms with Crippen LogP contribution in [0.4, 0.5) is 19.1 Å². The Morgan fingerprint density at radius 3 is 2.38 bits per heavy atom. The Kier molecular flexibility index (Phi) is 6.40. The summed E-state index contributed by atoms with van der Waals surface area (Å²) < 4.78 is 39.3. The smallest absolute Gasteiger partial charge is 0.391 e. The average Bonchev–Trinajstić information content (AvgIpc) is 2.60. The van der Waals surface area contributed by atoms with Crippen molar-refractivity contribution < 1.29 is 23.1 Å². The lowest BCUT2D eigenvalue weighted by Crippen LogP contribution is -2.50. The number of hydrogen-bond donors (Lipinski definition) is 2. The van der Waals surface area contributed by atoms with Crippen molar-refractivity contribution in [3.05, 3.63) is 17.5 Å². The van der Waals surface area contributed by atoms with E-state index in [0.29, 0.717) is 31.9 Å². The largest absolute Gasteiger partial charge is 0.433 e. The lowest BCUT2D eigenvalue weighted by molar-refractivity contribution is -0.141. The van der Waals surface area contributed by atoms with Gasteiger partial charge in [-0.2, -0.15) is 13.2 Å². The summed E-state index contributed by atoms with van der Waals surface area (Å²) in [5.41, 5.74) is 4.66. The first kappa shape index (κ1) is 20.4. The number of halogens is 3. The van der Waals surface area contributed by atoms with Gasteiger partial charge in [-0.15, -0.1) is 0 Å². The Balaban J connectivity index is 2.11. The molecule has 1 amide bonds. The summed E-state index contributed by atoms with van der Waals surface area (Å²) in [5.74, 6) is -0.369. The molecule has 0 aromatic carbocycles. The van der Waals surface area contributed by atoms with E-state index in [4.69, 9.17) is 5.73 Å². The zero-order valence-corrected chi connectivity index (χ0v) is 14.8. The van der Waals surface area contributed by atoms with Gasteiger partial charge in [-0.1, -0.05) is 13.8 Å². The van der Waals surface area contributed by atoms with Gasteiger partial charge >= 0.3 is 6.18 Å². The standard InChI is InChI=1S/C16H24F3N5O2/c1-10(2)12-8-13(16(17,18)19)22-15(21-12)24-5-3-23(4-6-24)14(26)7-11(25)9-20/h8,10-11,25H,3-7,9,20H2,1-2H3. The predicted molar refractivity (Wildman–Crippen MR) is 89.6 cm³/mol. The molecular weight excluding hydrogens is 351 g/mol. The van der Waals surface area contributed by atoms with Crippen molar-refractivity contribution in [2.45, 2.75) is 38.5 Å². The Hall–Kier alpha value is -1.94. The van der Waals surface area contributed by atoms with E-state index >= 15 is 0 Å². The molecule has 1 fully saturated rings. The van der Waals surface area contributed by atoms with E-state index in [0.717, 1.165) is 6.07 Å². The zero-order valence-electron chi connectivity index (χ0n) is 14.8. The highest BCUT2D eigenvalue weighted by molar-refractivity contribution is 5.77. The molecule has 1 aromatic heterocycles. The number of aromatic nitrogens is 2. The highest BCUT2D eigenvalue weighted by atomic mass is 19.4. The Morgan fingerprint density at radius 2 is 1.88 bits per heavy atom. The first-order chi connectivity index (χ1) is 12.1. The summed E-state index contributed by atoms with van der Waals surface area (Å²) in [6, 6.07) is 0.974. The molecule has 1 saturated heterocycles. The first-order valence-electron chi connectivity index (χ1n) is 8.48. The number of hydrogen-bond acceptors (Lipinski definition) is 6. The van der Waals surface area contributed by atoms with Crippen molar-refractivity contribution in [3.63, 3.8) is 0 Å². The fourth-order valence-electron chi connectivity index (χ4n) is 2.61. The number of amides is 1. The number of rotatable bonds is 5. The van der Waals surface area contributed by atoms with Crippen LogP contribution >= 0.6 is 0 Å². The molecule has 2 heterocycles. The summed E-state index contributed by atoms with van der Waals surface area (Å²) >= 11 is 0. The van der Waals surface area contributed by atoms with Crippen LogP contribution in [0.5, 0.6) is 0 Å². The van der Waals surface area contributed by atoms with Gasteiger partial charge in [0.05, 0.1) is 12.5 Å². The van der Waals surface area contributed by atoms with Crippen molar-refractivity contribution in [2.24, 2.45) is 5.73 Å². The molecule has 0 spiro atoms. The van der Waals surface area contributed by atoms with Gasteiger partial charge < -0.3 is 20.6 Å². The molecule has 26 heavy (non-hydrogen) atoms. The predicted octanol–water partition coefficient (Wildman–Crippen LogP) is 0.977. The molecule has 1 aromatic rings. The quantitative estimate of drug-likeness (QED) is 0.797. The molecule has 1 atom stereocenters. The van der Waals surface area contributed by atoms with Gasteiger partial charge in [-0.05, 0) is 12.0 Å². The van der Waals surface area contributed by atoms with E-state index in [1.54, 1.807) is 23.6 Å². The van der Waals surface area contributed by atoms with Crippen LogP contribution in [0.1, 0.15) is 37.6 Å². The fourth-order valence-corrected chi connectivity index (χ4v) is 2.61. The monoisotopic (exact) mass is 375 g/mol. The number of aliphatic hydroxyl groups is 1. The second-order valence-corrected chi connectivity index (χ2v) is 6.59. The van der Waals surface area contributed by atoms with Gasteiger partial charge in [0.25, 0.3) is 0 Å². The van der Waals surface area contributed by atoms with Crippen LogP contribution < -0.4 is 10.6 Å². The van der Waals surface area contributed by atoms with E-state index < -0.39 is 18.0 Å². The topological polar surface area (TPSA) is 95.6 Å². The van der Waals surface area contributed by atoms with E-state index in [-0.39, 0.29) is 30.7 Å². The molecule has 1 aliphatic heterocycles. The van der Waals surface area contributed by atoms with E-state index in [1.165, 1.54) is 0 Å². The third-order valence-electron chi connectivity index (χ3n) is 4.21. The maximum absolute atomic E-state index is 13.1. The van der Waals surface area contributed by atoms with Crippen molar-refractivity contribution in [2.75, 3.05) is 37.6 Å². The molecule has 10 heteroatoms. The molecule has 146 valence electrons. The van der Waals surface area contributed by atoms with Crippen molar-refractivity contribution >= 4 is 11.9 Å². The number of piperazine rings is 1. The summed E-state index contributed by atoms with van der Waals surface area (Å²) in [6.07, 6.45) is -5.49. The van der Waals surface area contributed by atoms with Crippen LogP contribution in [0, 0.1) is 0 Å². The van der Waals surface area contributed by atoms with Gasteiger partial charge in [-0.3, -0.25) is 4.79 Å². The third-order valence-corrected chi connectivity index (χ3v) is 4.21. The molecule has 3 N–H and O–H groups in total. The van der Waals surface area contributed by atoms with Gasteiger partial charge in [0.15, 0.2) is 0 Å². The van der Waals surface area contributed by atoms with Gasteiger partial charge in [0.1, 0.15) is 5.69 Å². The molecule has 1 aliphatic rings. The molecule has 0 radical (unpaired) electrons. The van der Waals surface area contributed by atoms with Crippen molar-refractivity contribution in [1.82, 2.24) is 14.9 Å². The summed E-state index contributed by atoms with van der Waals surface area (Å²) in [4.78, 5) is 23.2. The zero-order chi connectivity index (χ0) is 19.5. The number of carbonyl (C=O) groups excluding carboxylic acids is 1. The Bertz CT molecular complexity index is 631. The molecule has 0 bridgehead atoms. The lowest BCUT2D eigenvalue weighted by Gasteiger charge is -2.35. The third kappa shape index (κ3) is 5.04. The fraction of sp³-hybridized carbons (Fsp3) is 0.688. The molecule has 0 aliphatic carbocycles. The molecule has 1 unspecified atom stereocenters. The van der Waals surface area contributed by atoms with Gasteiger partial charge in [0, 0.05) is 38.4 Å². The van der Waals surface area contributed by atoms with Gasteiger partial charge in [0.2, 0.25) is 11.9 Å². The van der Waals surface area contributed by atoms with Gasteiger partial charge in [-0.25, -0.2) is 9.97 Å². The van der Waals surface area contributed by atoms with Crippen LogP contribution in [0.2, 0.25) is 0 Å². The SMILES string of the molecule is CC(C)c1cc(C(F)(F)F)nc(N2CCN(C(=O)CC(O)CN)CC2)n1. The minimum absolute atomic E-state index is 0.00174. The minimum Gasteiger partial charge on any atom is -0.391 e. The average molecular weight is 375 g/mol. The number of aliphatic hydroxyl groups excluding tert-OH is 1. The maximum atomic E-state index is 13.1. The van der Waals surface area contributed by atoms with E-state index in [2.05, 4.69) is 9.97 Å². The number of alkyl halides is 3. The summed E-state index contributed by atoms with van der Waals surface area (Å²) in [7, 11) is 0. The molecule has 2 rings (SSSR count). The normalized spacial score (nSPS) is 16.9. The lowest BCUT2D eigenvalue weighted by atomic mass is 10.1. The Labute approximate surface area is 150 Å². The number of nitrogens with zero attached hydrogens (tertiary/aromatic N) is 4. The van der Waals surface area contributed by atoms with E-state index in [9.17, 15) is 23.1 Å². The molecular formula is C16H24F3N5O2. The maximum Gasteiger partial charge on any atom is 0.433 e. The number of carbonyl (C=O) groups is 1. The number of anilines is 1. The van der Waals surface area contributed by atoms with Crippen molar-refractivity contribution in [3.8, 4) is 0 Å². The second-order valence-electron chi connectivity index (χ2n) is 6.59. The van der Waals surface area contributed by atoms with Crippen LogP contribution in [0.25, 0.3) is 0 Å². The molecule has 0 saturated carbocycles. The van der Waals surface area contributed by atoms with Crippen LogP contribution in [-0.4, -0.2) is 64.7 Å². The van der Waals surface area contributed by atoms with Crippen LogP contribution in [-0.2, 0) is 11.0 Å². The highest BCUT2D eigenvalue weighted by Crippen LogP contribution is 2.30. The Morgan fingerprint density at radius 1 is 1.27 bits per heavy atom. The molecule has 7 nitrogen and oxygen atoms in total. The summed E-state index contributed by atoms with van der Waals surface area (Å²) in [6.45, 7) is 4.84. The minimum atomic E-state index is -4.54.